The van der Waals surface area contributed by atoms with Gasteiger partial charge in [-0.2, -0.15) is 5.10 Å². The van der Waals surface area contributed by atoms with Gasteiger partial charge >= 0.3 is 6.03 Å². The van der Waals surface area contributed by atoms with Crippen molar-refractivity contribution in [3.63, 3.8) is 0 Å². The van der Waals surface area contributed by atoms with Crippen LogP contribution in [0.4, 0.5) is 22.0 Å². The lowest BCUT2D eigenvalue weighted by molar-refractivity contribution is 0.256. The Hall–Kier alpha value is -3.80. The first-order valence-corrected chi connectivity index (χ1v) is 8.53. The van der Waals surface area contributed by atoms with Gasteiger partial charge in [-0.15, -0.1) is 0 Å². The van der Waals surface area contributed by atoms with Gasteiger partial charge in [0.05, 0.1) is 16.9 Å². The number of nitrogen functional groups attached to an aromatic ring is 1. The first kappa shape index (κ1) is 16.7. The number of H-pyrrole nitrogens is 1. The van der Waals surface area contributed by atoms with E-state index >= 15 is 0 Å². The summed E-state index contributed by atoms with van der Waals surface area (Å²) in [5.74, 6) is 0.488. The minimum Gasteiger partial charge on any atom is -0.382 e. The molecule has 1 aromatic heterocycles. The molecular formula is C21H19N5O. The maximum Gasteiger partial charge on any atom is 0.323 e. The van der Waals surface area contributed by atoms with Crippen molar-refractivity contribution in [3.8, 4) is 11.1 Å². The molecule has 5 N–H and O–H groups in total. The van der Waals surface area contributed by atoms with Gasteiger partial charge in [-0.25, -0.2) is 4.79 Å². The molecule has 0 aliphatic heterocycles. The number of hydrogen-bond donors (Lipinski definition) is 3. The van der Waals surface area contributed by atoms with E-state index in [1.165, 1.54) is 4.90 Å². The summed E-state index contributed by atoms with van der Waals surface area (Å²) in [6.45, 7) is 1.98. The normalized spacial score (nSPS) is 10.9. The number of nitrogens with two attached hydrogens (primary N) is 2. The maximum absolute atomic E-state index is 12.0. The summed E-state index contributed by atoms with van der Waals surface area (Å²) >= 11 is 0. The lowest BCUT2D eigenvalue weighted by Crippen LogP contribution is -2.31. The monoisotopic (exact) mass is 357 g/mol. The highest BCUT2D eigenvalue weighted by Crippen LogP contribution is 2.30. The molecule has 0 saturated carbocycles. The second-order valence-electron chi connectivity index (χ2n) is 6.43. The summed E-state index contributed by atoms with van der Waals surface area (Å²) < 4.78 is 0. The van der Waals surface area contributed by atoms with Gasteiger partial charge in [-0.3, -0.25) is 10.00 Å². The van der Waals surface area contributed by atoms with Crippen LogP contribution >= 0.6 is 0 Å². The SMILES string of the molecule is Cc1cccc(N(C(N)=O)c2ccc(-c3ccc4c(N)n[nH]c4c3)cc2)c1. The molecule has 0 bridgehead atoms. The van der Waals surface area contributed by atoms with Crippen molar-refractivity contribution in [1.82, 2.24) is 10.2 Å². The van der Waals surface area contributed by atoms with Crippen LogP contribution in [0.1, 0.15) is 5.56 Å². The Labute approximate surface area is 156 Å². The topological polar surface area (TPSA) is 101 Å². The van der Waals surface area contributed by atoms with Crippen molar-refractivity contribution in [2.45, 2.75) is 6.92 Å². The minimum absolute atomic E-state index is 0.488. The zero-order valence-corrected chi connectivity index (χ0v) is 14.8. The first-order valence-electron chi connectivity index (χ1n) is 8.53. The van der Waals surface area contributed by atoms with E-state index in [-0.39, 0.29) is 0 Å². The predicted octanol–water partition coefficient (Wildman–Crippen LogP) is 4.34. The highest BCUT2D eigenvalue weighted by Gasteiger charge is 2.15. The fraction of sp³-hybridized carbons (Fsp3) is 0.0476. The molecule has 0 spiro atoms. The number of rotatable bonds is 3. The van der Waals surface area contributed by atoms with Gasteiger partial charge in [0.2, 0.25) is 0 Å². The number of anilines is 3. The summed E-state index contributed by atoms with van der Waals surface area (Å²) in [4.78, 5) is 13.5. The van der Waals surface area contributed by atoms with Crippen molar-refractivity contribution in [2.75, 3.05) is 10.6 Å². The number of nitrogens with one attached hydrogen (secondary N) is 1. The van der Waals surface area contributed by atoms with Gasteiger partial charge in [0.25, 0.3) is 0 Å². The summed E-state index contributed by atoms with van der Waals surface area (Å²) in [6.07, 6.45) is 0. The molecule has 0 aliphatic carbocycles. The Bertz CT molecular complexity index is 1130. The third kappa shape index (κ3) is 3.08. The summed E-state index contributed by atoms with van der Waals surface area (Å²) in [5.41, 5.74) is 16.9. The molecule has 1 heterocycles. The smallest absolute Gasteiger partial charge is 0.323 e. The number of urea groups is 1. The molecule has 134 valence electrons. The number of carbonyl (C=O) groups is 1. The molecule has 0 fully saturated rings. The molecular weight excluding hydrogens is 338 g/mol. The summed E-state index contributed by atoms with van der Waals surface area (Å²) in [6, 6.07) is 20.8. The van der Waals surface area contributed by atoms with Gasteiger partial charge in [-0.05, 0) is 60.0 Å². The molecule has 2 amide bonds. The van der Waals surface area contributed by atoms with Crippen LogP contribution in [0.2, 0.25) is 0 Å². The van der Waals surface area contributed by atoms with Gasteiger partial charge < -0.3 is 11.5 Å². The highest BCUT2D eigenvalue weighted by atomic mass is 16.2. The van der Waals surface area contributed by atoms with Crippen LogP contribution in [0.5, 0.6) is 0 Å². The quantitative estimate of drug-likeness (QED) is 0.508. The average Bonchev–Trinajstić information content (AvgIpc) is 3.03. The molecule has 4 aromatic rings. The number of nitrogens with zero attached hydrogens (tertiary/aromatic N) is 2. The molecule has 6 heteroatoms. The number of fused-ring (bicyclic) bond motifs is 1. The zero-order valence-electron chi connectivity index (χ0n) is 14.8. The second kappa shape index (κ2) is 6.49. The largest absolute Gasteiger partial charge is 0.382 e. The highest BCUT2D eigenvalue weighted by molar-refractivity contribution is 5.99. The van der Waals surface area contributed by atoms with E-state index in [1.807, 2.05) is 73.7 Å². The van der Waals surface area contributed by atoms with Crippen molar-refractivity contribution >= 4 is 34.1 Å². The molecule has 6 nitrogen and oxygen atoms in total. The zero-order chi connectivity index (χ0) is 19.0. The van der Waals surface area contributed by atoms with Crippen LogP contribution in [0.15, 0.2) is 66.7 Å². The number of aryl methyl sites for hydroxylation is 1. The lowest BCUT2D eigenvalue weighted by Gasteiger charge is -2.21. The summed E-state index contributed by atoms with van der Waals surface area (Å²) in [7, 11) is 0. The fourth-order valence-corrected chi connectivity index (χ4v) is 3.19. The molecule has 0 aliphatic rings. The summed E-state index contributed by atoms with van der Waals surface area (Å²) in [5, 5.41) is 7.85. The van der Waals surface area contributed by atoms with Crippen LogP contribution in [0.25, 0.3) is 22.0 Å². The van der Waals surface area contributed by atoms with E-state index in [0.29, 0.717) is 11.5 Å². The third-order valence-corrected chi connectivity index (χ3v) is 4.53. The Kier molecular flexibility index (Phi) is 4.01. The third-order valence-electron chi connectivity index (χ3n) is 4.53. The Morgan fingerprint density at radius 3 is 2.41 bits per heavy atom. The molecule has 27 heavy (non-hydrogen) atoms. The van der Waals surface area contributed by atoms with Gasteiger partial charge in [0, 0.05) is 5.39 Å². The number of benzene rings is 3. The van der Waals surface area contributed by atoms with Gasteiger partial charge in [-0.1, -0.05) is 30.3 Å². The van der Waals surface area contributed by atoms with E-state index in [1.54, 1.807) is 0 Å². The van der Waals surface area contributed by atoms with Crippen LogP contribution in [-0.2, 0) is 0 Å². The number of carbonyl (C=O) groups excluding carboxylic acids is 1. The van der Waals surface area contributed by atoms with Crippen LogP contribution in [0.3, 0.4) is 0 Å². The minimum atomic E-state index is -0.525. The molecule has 0 unspecified atom stereocenters. The number of amides is 2. The van der Waals surface area contributed by atoms with E-state index in [9.17, 15) is 4.79 Å². The van der Waals surface area contributed by atoms with E-state index in [4.69, 9.17) is 11.5 Å². The van der Waals surface area contributed by atoms with Gasteiger partial charge in [0.1, 0.15) is 0 Å². The fourth-order valence-electron chi connectivity index (χ4n) is 3.19. The molecule has 4 rings (SSSR count). The predicted molar refractivity (Wildman–Crippen MR) is 109 cm³/mol. The van der Waals surface area contributed by atoms with Crippen molar-refractivity contribution < 1.29 is 4.79 Å². The van der Waals surface area contributed by atoms with Crippen molar-refractivity contribution in [2.24, 2.45) is 5.73 Å². The lowest BCUT2D eigenvalue weighted by atomic mass is 10.0. The molecule has 0 radical (unpaired) electrons. The standard InChI is InChI=1S/C21H19N5O/c1-13-3-2-4-17(11-13)26(21(23)27)16-8-5-14(6-9-16)15-7-10-18-19(12-15)24-25-20(18)22/h2-12H,1H3,(H2,23,27)(H3,22,24,25). The Balaban J connectivity index is 1.70. The second-order valence-corrected chi connectivity index (χ2v) is 6.43. The van der Waals surface area contributed by atoms with Gasteiger partial charge in [0.15, 0.2) is 5.82 Å². The number of primary amides is 1. The maximum atomic E-state index is 12.0. The average molecular weight is 357 g/mol. The van der Waals surface area contributed by atoms with Crippen molar-refractivity contribution in [3.05, 3.63) is 72.3 Å². The van der Waals surface area contributed by atoms with Crippen molar-refractivity contribution in [1.29, 1.82) is 0 Å². The number of hydrogen-bond acceptors (Lipinski definition) is 3. The number of aromatic nitrogens is 2. The van der Waals surface area contributed by atoms with Crippen LogP contribution in [-0.4, -0.2) is 16.2 Å². The first-order chi connectivity index (χ1) is 13.0. The Morgan fingerprint density at radius 2 is 1.70 bits per heavy atom. The van der Waals surface area contributed by atoms with E-state index in [2.05, 4.69) is 10.2 Å². The van der Waals surface area contributed by atoms with E-state index < -0.39 is 6.03 Å². The van der Waals surface area contributed by atoms with Crippen LogP contribution < -0.4 is 16.4 Å². The molecule has 0 atom stereocenters. The molecule has 3 aromatic carbocycles. The Morgan fingerprint density at radius 1 is 0.963 bits per heavy atom. The van der Waals surface area contributed by atoms with E-state index in [0.717, 1.165) is 33.3 Å². The van der Waals surface area contributed by atoms with Crippen LogP contribution in [0, 0.1) is 6.92 Å². The molecule has 0 saturated heterocycles. The number of aromatic amines is 1.